The van der Waals surface area contributed by atoms with Crippen LogP contribution in [0.25, 0.3) is 17.2 Å². The van der Waals surface area contributed by atoms with Gasteiger partial charge in [0.2, 0.25) is 0 Å². The fourth-order valence-electron chi connectivity index (χ4n) is 2.53. The number of aryl methyl sites for hydroxylation is 1. The lowest BCUT2D eigenvalue weighted by Crippen LogP contribution is -2.40. The van der Waals surface area contributed by atoms with E-state index in [-0.39, 0.29) is 5.04 Å². The van der Waals surface area contributed by atoms with E-state index < -0.39 is 8.32 Å². The standard InChI is InChI=1S/C22H30O2Si/c1-17-11-9-12-18(21(17)19-14-7-8-15-20(19)23)13-10-16-24-25(5,6)22(2,3)4/h7-15,23H,16H2,1-6H3/b13-10+. The Hall–Kier alpha value is -1.84. The van der Waals surface area contributed by atoms with E-state index in [4.69, 9.17) is 4.43 Å². The van der Waals surface area contributed by atoms with E-state index in [1.165, 1.54) is 0 Å². The maximum Gasteiger partial charge on any atom is 0.192 e. The summed E-state index contributed by atoms with van der Waals surface area (Å²) in [6, 6.07) is 13.7. The summed E-state index contributed by atoms with van der Waals surface area (Å²) in [7, 11) is -1.73. The first-order chi connectivity index (χ1) is 11.6. The molecule has 2 rings (SSSR count). The molecule has 1 N–H and O–H groups in total. The summed E-state index contributed by atoms with van der Waals surface area (Å²) < 4.78 is 6.22. The monoisotopic (exact) mass is 354 g/mol. The van der Waals surface area contributed by atoms with Crippen molar-refractivity contribution in [3.05, 3.63) is 59.7 Å². The van der Waals surface area contributed by atoms with Crippen molar-refractivity contribution in [1.29, 1.82) is 0 Å². The van der Waals surface area contributed by atoms with Gasteiger partial charge in [-0.15, -0.1) is 0 Å². The van der Waals surface area contributed by atoms with Crippen molar-refractivity contribution >= 4 is 14.4 Å². The predicted octanol–water partition coefficient (Wildman–Crippen LogP) is 6.40. The van der Waals surface area contributed by atoms with E-state index in [1.54, 1.807) is 6.07 Å². The van der Waals surface area contributed by atoms with Crippen molar-refractivity contribution < 1.29 is 9.53 Å². The Morgan fingerprint density at radius 2 is 1.72 bits per heavy atom. The highest BCUT2D eigenvalue weighted by atomic mass is 28.4. The van der Waals surface area contributed by atoms with Gasteiger partial charge < -0.3 is 9.53 Å². The van der Waals surface area contributed by atoms with Gasteiger partial charge in [-0.05, 0) is 47.8 Å². The fourth-order valence-corrected chi connectivity index (χ4v) is 3.48. The Balaban J connectivity index is 2.24. The van der Waals surface area contributed by atoms with Crippen molar-refractivity contribution in [3.63, 3.8) is 0 Å². The molecule has 0 atom stereocenters. The average Bonchev–Trinajstić information content (AvgIpc) is 2.52. The normalized spacial score (nSPS) is 12.7. The second kappa shape index (κ2) is 7.59. The number of para-hydroxylation sites is 1. The van der Waals surface area contributed by atoms with Crippen molar-refractivity contribution in [2.45, 2.75) is 45.8 Å². The summed E-state index contributed by atoms with van der Waals surface area (Å²) in [5, 5.41) is 10.5. The van der Waals surface area contributed by atoms with Crippen LogP contribution in [0.15, 0.2) is 48.5 Å². The Morgan fingerprint density at radius 1 is 1.04 bits per heavy atom. The summed E-state index contributed by atoms with van der Waals surface area (Å²) in [6.45, 7) is 14.0. The van der Waals surface area contributed by atoms with E-state index in [2.05, 4.69) is 65.1 Å². The zero-order chi connectivity index (χ0) is 18.7. The molecule has 2 nitrogen and oxygen atoms in total. The Bertz CT molecular complexity index is 755. The quantitative estimate of drug-likeness (QED) is 0.629. The van der Waals surface area contributed by atoms with Crippen LogP contribution in [0.4, 0.5) is 0 Å². The first kappa shape index (κ1) is 19.5. The second-order valence-electron chi connectivity index (χ2n) is 8.03. The maximum absolute atomic E-state index is 10.2. The second-order valence-corrected chi connectivity index (χ2v) is 12.8. The van der Waals surface area contributed by atoms with Crippen LogP contribution in [0.3, 0.4) is 0 Å². The molecule has 0 bridgehead atoms. The molecule has 25 heavy (non-hydrogen) atoms. The Kier molecular flexibility index (Phi) is 5.91. The summed E-state index contributed by atoms with van der Waals surface area (Å²) >= 11 is 0. The molecule has 0 spiro atoms. The van der Waals surface area contributed by atoms with Gasteiger partial charge in [-0.1, -0.05) is 69.3 Å². The predicted molar refractivity (Wildman–Crippen MR) is 110 cm³/mol. The van der Waals surface area contributed by atoms with Crippen LogP contribution < -0.4 is 0 Å². The van der Waals surface area contributed by atoms with Crippen molar-refractivity contribution in [1.82, 2.24) is 0 Å². The number of phenols is 1. The average molecular weight is 355 g/mol. The lowest BCUT2D eigenvalue weighted by molar-refractivity contribution is 0.328. The van der Waals surface area contributed by atoms with Crippen molar-refractivity contribution in [2.24, 2.45) is 0 Å². The maximum atomic E-state index is 10.2. The molecular weight excluding hydrogens is 324 g/mol. The SMILES string of the molecule is Cc1cccc(/C=C/CO[Si](C)(C)C(C)(C)C)c1-c1ccccc1O. The largest absolute Gasteiger partial charge is 0.507 e. The summed E-state index contributed by atoms with van der Waals surface area (Å²) in [5.74, 6) is 0.309. The van der Waals surface area contributed by atoms with Crippen molar-refractivity contribution in [3.8, 4) is 16.9 Å². The molecule has 0 amide bonds. The van der Waals surface area contributed by atoms with Gasteiger partial charge in [0, 0.05) is 5.56 Å². The lowest BCUT2D eigenvalue weighted by atomic mass is 9.94. The van der Waals surface area contributed by atoms with E-state index in [0.29, 0.717) is 12.4 Å². The van der Waals surface area contributed by atoms with Crippen LogP contribution in [0.1, 0.15) is 31.9 Å². The molecule has 0 fully saturated rings. The molecule has 0 aliphatic rings. The molecule has 134 valence electrons. The molecule has 0 saturated heterocycles. The van der Waals surface area contributed by atoms with Crippen LogP contribution in [0, 0.1) is 6.92 Å². The van der Waals surface area contributed by atoms with Crippen LogP contribution in [-0.4, -0.2) is 20.0 Å². The van der Waals surface area contributed by atoms with Gasteiger partial charge >= 0.3 is 0 Å². The molecule has 3 heteroatoms. The number of hydrogen-bond acceptors (Lipinski definition) is 2. The molecule has 2 aromatic carbocycles. The number of phenolic OH excluding ortho intramolecular Hbond substituents is 1. The smallest absolute Gasteiger partial charge is 0.192 e. The van der Waals surface area contributed by atoms with Crippen LogP contribution in [-0.2, 0) is 4.43 Å². The van der Waals surface area contributed by atoms with Gasteiger partial charge in [-0.3, -0.25) is 0 Å². The number of benzene rings is 2. The van der Waals surface area contributed by atoms with Gasteiger partial charge in [0.1, 0.15) is 5.75 Å². The van der Waals surface area contributed by atoms with Crippen LogP contribution in [0.2, 0.25) is 18.1 Å². The summed E-state index contributed by atoms with van der Waals surface area (Å²) in [4.78, 5) is 0. The molecule has 0 heterocycles. The Labute approximate surface area is 153 Å². The Morgan fingerprint density at radius 3 is 2.36 bits per heavy atom. The highest BCUT2D eigenvalue weighted by molar-refractivity contribution is 6.74. The number of aromatic hydroxyl groups is 1. The fraction of sp³-hybridized carbons (Fsp3) is 0.364. The number of hydrogen-bond donors (Lipinski definition) is 1. The minimum Gasteiger partial charge on any atom is -0.507 e. The minimum absolute atomic E-state index is 0.213. The molecular formula is C22H30O2Si. The third kappa shape index (κ3) is 4.62. The zero-order valence-electron chi connectivity index (χ0n) is 16.3. The summed E-state index contributed by atoms with van der Waals surface area (Å²) in [5.41, 5.74) is 4.18. The third-order valence-corrected chi connectivity index (χ3v) is 9.62. The van der Waals surface area contributed by atoms with E-state index in [9.17, 15) is 5.11 Å². The highest BCUT2D eigenvalue weighted by Crippen LogP contribution is 2.37. The summed E-state index contributed by atoms with van der Waals surface area (Å²) in [6.07, 6.45) is 4.18. The van der Waals surface area contributed by atoms with Crippen LogP contribution >= 0.6 is 0 Å². The van der Waals surface area contributed by atoms with Gasteiger partial charge in [-0.2, -0.15) is 0 Å². The topological polar surface area (TPSA) is 29.5 Å². The van der Waals surface area contributed by atoms with E-state index in [1.807, 2.05) is 24.3 Å². The van der Waals surface area contributed by atoms with Gasteiger partial charge in [-0.25, -0.2) is 0 Å². The zero-order valence-corrected chi connectivity index (χ0v) is 17.3. The first-order valence-electron chi connectivity index (χ1n) is 8.82. The molecule has 0 aliphatic carbocycles. The van der Waals surface area contributed by atoms with Gasteiger partial charge in [0.05, 0.1) is 6.61 Å². The minimum atomic E-state index is -1.73. The molecule has 2 aromatic rings. The van der Waals surface area contributed by atoms with Gasteiger partial charge in [0.15, 0.2) is 8.32 Å². The van der Waals surface area contributed by atoms with Crippen molar-refractivity contribution in [2.75, 3.05) is 6.61 Å². The molecule has 0 aromatic heterocycles. The number of rotatable bonds is 5. The van der Waals surface area contributed by atoms with Crippen LogP contribution in [0.5, 0.6) is 5.75 Å². The van der Waals surface area contributed by atoms with E-state index >= 15 is 0 Å². The highest BCUT2D eigenvalue weighted by Gasteiger charge is 2.36. The third-order valence-electron chi connectivity index (χ3n) is 5.12. The molecule has 0 radical (unpaired) electrons. The molecule has 0 aliphatic heterocycles. The molecule has 0 saturated carbocycles. The van der Waals surface area contributed by atoms with Gasteiger partial charge in [0.25, 0.3) is 0 Å². The first-order valence-corrected chi connectivity index (χ1v) is 11.7. The lowest BCUT2D eigenvalue weighted by Gasteiger charge is -2.35. The molecule has 0 unspecified atom stereocenters. The van der Waals surface area contributed by atoms with E-state index in [0.717, 1.165) is 22.3 Å².